The Bertz CT molecular complexity index is 1220. The number of aryl methyl sites for hydroxylation is 2. The van der Waals surface area contributed by atoms with Gasteiger partial charge < -0.3 is 14.5 Å². The number of anilines is 1. The summed E-state index contributed by atoms with van der Waals surface area (Å²) >= 11 is 0. The summed E-state index contributed by atoms with van der Waals surface area (Å²) in [6.45, 7) is 2.55. The third-order valence-corrected chi connectivity index (χ3v) is 6.33. The molecule has 1 aliphatic carbocycles. The van der Waals surface area contributed by atoms with Crippen LogP contribution in [0.2, 0.25) is 0 Å². The van der Waals surface area contributed by atoms with E-state index in [1.54, 1.807) is 12.0 Å². The summed E-state index contributed by atoms with van der Waals surface area (Å²) < 4.78 is 6.52. The molecule has 9 nitrogen and oxygen atoms in total. The smallest absolute Gasteiger partial charge is 0.254 e. The molecule has 1 aromatic carbocycles. The molecule has 1 amide bonds. The number of piperazine rings is 1. The van der Waals surface area contributed by atoms with E-state index in [1.807, 2.05) is 24.3 Å². The minimum atomic E-state index is -0.254. The van der Waals surface area contributed by atoms with Gasteiger partial charge in [0.2, 0.25) is 5.91 Å². The predicted octanol–water partition coefficient (Wildman–Crippen LogP) is 1.55. The van der Waals surface area contributed by atoms with Crippen LogP contribution in [0, 0.1) is 0 Å². The lowest BCUT2D eigenvalue weighted by atomic mass is 10.1. The Morgan fingerprint density at radius 3 is 2.55 bits per heavy atom. The van der Waals surface area contributed by atoms with Crippen LogP contribution in [0.15, 0.2) is 47.5 Å². The minimum Gasteiger partial charge on any atom is -0.497 e. The van der Waals surface area contributed by atoms with Crippen molar-refractivity contribution in [3.05, 3.63) is 64.3 Å². The number of ether oxygens (including phenoxy) is 1. The van der Waals surface area contributed by atoms with Gasteiger partial charge in [-0.2, -0.15) is 5.10 Å². The fraction of sp³-hybridized carbons (Fsp3) is 0.375. The molecule has 1 aliphatic heterocycles. The van der Waals surface area contributed by atoms with Crippen molar-refractivity contribution in [2.45, 2.75) is 25.8 Å². The van der Waals surface area contributed by atoms with Crippen molar-refractivity contribution in [2.75, 3.05) is 38.2 Å². The van der Waals surface area contributed by atoms with Gasteiger partial charge in [-0.1, -0.05) is 0 Å². The van der Waals surface area contributed by atoms with Crippen LogP contribution >= 0.6 is 0 Å². The van der Waals surface area contributed by atoms with Gasteiger partial charge in [0.25, 0.3) is 5.56 Å². The van der Waals surface area contributed by atoms with E-state index in [-0.39, 0.29) is 18.0 Å². The third kappa shape index (κ3) is 4.44. The van der Waals surface area contributed by atoms with Gasteiger partial charge in [0.1, 0.15) is 12.3 Å². The molecule has 0 atom stereocenters. The largest absolute Gasteiger partial charge is 0.497 e. The van der Waals surface area contributed by atoms with Crippen LogP contribution in [0.1, 0.15) is 17.7 Å². The van der Waals surface area contributed by atoms with Gasteiger partial charge in [0, 0.05) is 37.8 Å². The van der Waals surface area contributed by atoms with E-state index in [1.165, 1.54) is 22.5 Å². The molecule has 1 fully saturated rings. The molecule has 2 aliphatic rings. The molecule has 0 N–H and O–H groups in total. The molecule has 170 valence electrons. The van der Waals surface area contributed by atoms with Crippen molar-refractivity contribution >= 4 is 11.7 Å². The van der Waals surface area contributed by atoms with Crippen molar-refractivity contribution < 1.29 is 9.53 Å². The summed E-state index contributed by atoms with van der Waals surface area (Å²) in [4.78, 5) is 33.7. The van der Waals surface area contributed by atoms with Crippen LogP contribution in [0.3, 0.4) is 0 Å². The topological polar surface area (TPSA) is 93.5 Å². The molecule has 5 rings (SSSR count). The Hall–Kier alpha value is -3.75. The monoisotopic (exact) mass is 446 g/mol. The van der Waals surface area contributed by atoms with E-state index in [2.05, 4.69) is 26.1 Å². The van der Waals surface area contributed by atoms with Crippen LogP contribution in [-0.2, 0) is 24.2 Å². The predicted molar refractivity (Wildman–Crippen MR) is 123 cm³/mol. The van der Waals surface area contributed by atoms with E-state index in [0.717, 1.165) is 42.1 Å². The fourth-order valence-electron chi connectivity index (χ4n) is 4.37. The van der Waals surface area contributed by atoms with Crippen LogP contribution in [0.4, 0.5) is 5.82 Å². The first-order valence-electron chi connectivity index (χ1n) is 11.2. The molecular weight excluding hydrogens is 420 g/mol. The Kier molecular flexibility index (Phi) is 5.77. The average Bonchev–Trinajstić information content (AvgIpc) is 3.33. The number of hydrogen-bond donors (Lipinski definition) is 0. The zero-order valence-corrected chi connectivity index (χ0v) is 18.6. The number of nitrogens with zero attached hydrogens (tertiary/aromatic N) is 6. The highest BCUT2D eigenvalue weighted by Gasteiger charge is 2.24. The summed E-state index contributed by atoms with van der Waals surface area (Å²) in [5.74, 6) is 1.54. The first kappa shape index (κ1) is 21.1. The summed E-state index contributed by atoms with van der Waals surface area (Å²) in [7, 11) is 1.60. The maximum absolute atomic E-state index is 12.8. The lowest BCUT2D eigenvalue weighted by molar-refractivity contribution is -0.132. The third-order valence-electron chi connectivity index (χ3n) is 6.33. The van der Waals surface area contributed by atoms with Gasteiger partial charge in [-0.15, -0.1) is 5.10 Å². The second-order valence-electron chi connectivity index (χ2n) is 8.36. The molecule has 3 heterocycles. The van der Waals surface area contributed by atoms with E-state index in [4.69, 9.17) is 4.74 Å². The SMILES string of the molecule is COc1ccc(-c2cc(=O)n(CC(=O)N3CCN(c4cc5c(nn4)CCC5)CC3)cn2)cc1. The van der Waals surface area contributed by atoms with Crippen LogP contribution in [-0.4, -0.2) is 63.8 Å². The number of hydrogen-bond acceptors (Lipinski definition) is 7. The molecule has 0 spiro atoms. The second kappa shape index (κ2) is 9.01. The zero-order chi connectivity index (χ0) is 22.8. The summed E-state index contributed by atoms with van der Waals surface area (Å²) in [6, 6.07) is 10.9. The first-order chi connectivity index (χ1) is 16.1. The molecule has 0 radical (unpaired) electrons. The number of rotatable bonds is 5. The standard InChI is InChI=1S/C24H26N6O3/c1-33-19-7-5-17(6-8-19)21-14-23(31)30(16-25-21)15-24(32)29-11-9-28(10-12-29)22-13-18-3-2-4-20(18)26-27-22/h5-8,13-14,16H,2-4,9-12,15H2,1H3. The van der Waals surface area contributed by atoms with Gasteiger partial charge in [-0.3, -0.25) is 14.2 Å². The quantitative estimate of drug-likeness (QED) is 0.587. The molecule has 0 saturated carbocycles. The minimum absolute atomic E-state index is 0.0205. The van der Waals surface area contributed by atoms with Crippen molar-refractivity contribution in [3.8, 4) is 17.0 Å². The van der Waals surface area contributed by atoms with E-state index in [9.17, 15) is 9.59 Å². The van der Waals surface area contributed by atoms with Crippen molar-refractivity contribution in [3.63, 3.8) is 0 Å². The highest BCUT2D eigenvalue weighted by Crippen LogP contribution is 2.23. The maximum Gasteiger partial charge on any atom is 0.254 e. The fourth-order valence-corrected chi connectivity index (χ4v) is 4.37. The summed E-state index contributed by atoms with van der Waals surface area (Å²) in [5.41, 5.74) is 3.54. The van der Waals surface area contributed by atoms with Crippen LogP contribution in [0.5, 0.6) is 5.75 Å². The molecule has 0 bridgehead atoms. The van der Waals surface area contributed by atoms with E-state index >= 15 is 0 Å². The summed E-state index contributed by atoms with van der Waals surface area (Å²) in [6.07, 6.45) is 4.66. The number of aromatic nitrogens is 4. The van der Waals surface area contributed by atoms with Crippen molar-refractivity contribution in [1.29, 1.82) is 0 Å². The van der Waals surface area contributed by atoms with E-state index < -0.39 is 0 Å². The second-order valence-corrected chi connectivity index (χ2v) is 8.36. The molecule has 33 heavy (non-hydrogen) atoms. The number of fused-ring (bicyclic) bond motifs is 1. The average molecular weight is 447 g/mol. The highest BCUT2D eigenvalue weighted by atomic mass is 16.5. The Labute approximate surface area is 191 Å². The number of benzene rings is 1. The molecule has 2 aromatic heterocycles. The first-order valence-corrected chi connectivity index (χ1v) is 11.2. The Morgan fingerprint density at radius 1 is 1.03 bits per heavy atom. The normalized spacial score (nSPS) is 15.4. The number of amides is 1. The summed E-state index contributed by atoms with van der Waals surface area (Å²) in [5, 5.41) is 8.75. The van der Waals surface area contributed by atoms with Gasteiger partial charge >= 0.3 is 0 Å². The molecule has 0 unspecified atom stereocenters. The number of carbonyl (C=O) groups is 1. The van der Waals surface area contributed by atoms with Crippen molar-refractivity contribution in [1.82, 2.24) is 24.6 Å². The lowest BCUT2D eigenvalue weighted by Crippen LogP contribution is -2.50. The van der Waals surface area contributed by atoms with Gasteiger partial charge in [-0.05, 0) is 55.2 Å². The van der Waals surface area contributed by atoms with E-state index in [0.29, 0.717) is 31.9 Å². The van der Waals surface area contributed by atoms with Crippen LogP contribution in [0.25, 0.3) is 11.3 Å². The molecule has 3 aromatic rings. The van der Waals surface area contributed by atoms with Crippen LogP contribution < -0.4 is 15.2 Å². The highest BCUT2D eigenvalue weighted by molar-refractivity contribution is 5.76. The van der Waals surface area contributed by atoms with Gasteiger partial charge in [0.15, 0.2) is 5.82 Å². The van der Waals surface area contributed by atoms with Gasteiger partial charge in [0.05, 0.1) is 24.8 Å². The Morgan fingerprint density at radius 2 is 1.82 bits per heavy atom. The Balaban J connectivity index is 1.20. The van der Waals surface area contributed by atoms with Gasteiger partial charge in [-0.25, -0.2) is 4.98 Å². The number of carbonyl (C=O) groups excluding carboxylic acids is 1. The number of methoxy groups -OCH3 is 1. The maximum atomic E-state index is 12.8. The molecular formula is C24H26N6O3. The zero-order valence-electron chi connectivity index (χ0n) is 18.6. The molecule has 1 saturated heterocycles. The van der Waals surface area contributed by atoms with Crippen molar-refractivity contribution in [2.24, 2.45) is 0 Å². The molecule has 9 heteroatoms. The lowest BCUT2D eigenvalue weighted by Gasteiger charge is -2.35.